The van der Waals surface area contributed by atoms with Crippen molar-refractivity contribution in [2.24, 2.45) is 0 Å². The Hall–Kier alpha value is -1.62. The largest absolute Gasteiger partial charge is 0.381 e. The van der Waals surface area contributed by atoms with E-state index < -0.39 is 0 Å². The Morgan fingerprint density at radius 3 is 2.71 bits per heavy atom. The second-order valence-electron chi connectivity index (χ2n) is 5.46. The summed E-state index contributed by atoms with van der Waals surface area (Å²) in [5.41, 5.74) is 1.70. The molecule has 5 nitrogen and oxygen atoms in total. The van der Waals surface area contributed by atoms with E-state index in [9.17, 15) is 4.79 Å². The monoisotopic (exact) mass is 291 g/mol. The van der Waals surface area contributed by atoms with Gasteiger partial charge in [-0.2, -0.15) is 0 Å². The fraction of sp³-hybridized carbons (Fsp3) is 0.625. The quantitative estimate of drug-likeness (QED) is 0.904. The topological polar surface area (TPSA) is 54.5 Å². The van der Waals surface area contributed by atoms with Crippen LogP contribution in [0.3, 0.4) is 0 Å². The van der Waals surface area contributed by atoms with Gasteiger partial charge in [0.05, 0.1) is 6.10 Å². The van der Waals surface area contributed by atoms with Crippen LogP contribution in [0.4, 0.5) is 5.82 Å². The van der Waals surface area contributed by atoms with Crippen molar-refractivity contribution in [3.05, 3.63) is 23.4 Å². The predicted octanol–water partition coefficient (Wildman–Crippen LogP) is 2.33. The van der Waals surface area contributed by atoms with Crippen LogP contribution >= 0.6 is 0 Å². The molecule has 1 aliphatic rings. The molecule has 0 aromatic carbocycles. The summed E-state index contributed by atoms with van der Waals surface area (Å²) in [7, 11) is 3.57. The molecule has 21 heavy (non-hydrogen) atoms. The zero-order valence-electron chi connectivity index (χ0n) is 13.2. The molecule has 0 saturated carbocycles. The molecule has 0 radical (unpaired) electrons. The van der Waals surface area contributed by atoms with Gasteiger partial charge in [-0.1, -0.05) is 13.3 Å². The van der Waals surface area contributed by atoms with Crippen LogP contribution < -0.4 is 5.32 Å². The number of ether oxygens (including phenoxy) is 1. The van der Waals surface area contributed by atoms with Gasteiger partial charge < -0.3 is 15.0 Å². The summed E-state index contributed by atoms with van der Waals surface area (Å²) in [5, 5.41) is 3.04. The maximum absolute atomic E-state index is 12.6. The van der Waals surface area contributed by atoms with Crippen LogP contribution in [0.5, 0.6) is 0 Å². The van der Waals surface area contributed by atoms with Gasteiger partial charge in [-0.05, 0) is 31.4 Å². The lowest BCUT2D eigenvalue weighted by molar-refractivity contribution is 0.0350. The highest BCUT2D eigenvalue weighted by molar-refractivity contribution is 5.95. The predicted molar refractivity (Wildman–Crippen MR) is 83.7 cm³/mol. The van der Waals surface area contributed by atoms with Gasteiger partial charge in [-0.15, -0.1) is 0 Å². The number of methoxy groups -OCH3 is 1. The number of nitrogens with zero attached hydrogens (tertiary/aromatic N) is 2. The van der Waals surface area contributed by atoms with Crippen LogP contribution in [0, 0.1) is 0 Å². The summed E-state index contributed by atoms with van der Waals surface area (Å²) in [5.74, 6) is 0.858. The fourth-order valence-corrected chi connectivity index (χ4v) is 2.70. The van der Waals surface area contributed by atoms with Crippen molar-refractivity contribution < 1.29 is 9.53 Å². The molecular weight excluding hydrogens is 266 g/mol. The molecule has 1 amide bonds. The first-order chi connectivity index (χ1) is 10.2. The number of pyridine rings is 1. The Bertz CT molecular complexity index is 482. The van der Waals surface area contributed by atoms with Crippen molar-refractivity contribution in [2.75, 3.05) is 32.6 Å². The van der Waals surface area contributed by atoms with E-state index in [1.807, 2.05) is 24.1 Å². The molecule has 2 rings (SSSR count). The van der Waals surface area contributed by atoms with Gasteiger partial charge in [0.25, 0.3) is 5.91 Å². The highest BCUT2D eigenvalue weighted by atomic mass is 16.5. The average Bonchev–Trinajstić information content (AvgIpc) is 2.54. The average molecular weight is 291 g/mol. The van der Waals surface area contributed by atoms with Gasteiger partial charge in [-0.3, -0.25) is 4.79 Å². The number of amides is 1. The van der Waals surface area contributed by atoms with Crippen LogP contribution in [-0.2, 0) is 11.2 Å². The number of aryl methyl sites for hydroxylation is 1. The lowest BCUT2D eigenvalue weighted by Gasteiger charge is -2.31. The molecule has 0 spiro atoms. The number of hydrogen-bond acceptors (Lipinski definition) is 4. The van der Waals surface area contributed by atoms with E-state index in [0.717, 1.165) is 55.8 Å². The molecule has 0 atom stereocenters. The number of nitrogens with one attached hydrogen (secondary N) is 1. The molecule has 1 saturated heterocycles. The summed E-state index contributed by atoms with van der Waals surface area (Å²) in [6.07, 6.45) is 4.02. The van der Waals surface area contributed by atoms with Crippen molar-refractivity contribution in [1.29, 1.82) is 0 Å². The Morgan fingerprint density at radius 2 is 2.14 bits per heavy atom. The van der Waals surface area contributed by atoms with Crippen LogP contribution in [-0.4, -0.2) is 49.1 Å². The molecule has 1 aliphatic heterocycles. The van der Waals surface area contributed by atoms with E-state index in [0.29, 0.717) is 0 Å². The number of aromatic nitrogens is 1. The van der Waals surface area contributed by atoms with E-state index in [2.05, 4.69) is 17.2 Å². The standard InChI is InChI=1S/C16H25N3O2/c1-4-5-13-10-12(11-15(17-2)18-13)16(20)19-8-6-14(21-3)7-9-19/h10-11,14H,4-9H2,1-3H3,(H,17,18). The first kappa shape index (κ1) is 15.8. The minimum absolute atomic E-state index is 0.0980. The molecule has 1 aromatic rings. The molecular formula is C16H25N3O2. The normalized spacial score (nSPS) is 16.0. The molecule has 1 N–H and O–H groups in total. The summed E-state index contributed by atoms with van der Waals surface area (Å²) in [6, 6.07) is 3.76. The number of likely N-dealkylation sites (tertiary alicyclic amines) is 1. The highest BCUT2D eigenvalue weighted by Crippen LogP contribution is 2.18. The minimum Gasteiger partial charge on any atom is -0.381 e. The van der Waals surface area contributed by atoms with Gasteiger partial charge in [0.2, 0.25) is 0 Å². The molecule has 2 heterocycles. The van der Waals surface area contributed by atoms with Gasteiger partial charge in [0.15, 0.2) is 0 Å². The van der Waals surface area contributed by atoms with Crippen molar-refractivity contribution >= 4 is 11.7 Å². The lowest BCUT2D eigenvalue weighted by Crippen LogP contribution is -2.40. The lowest BCUT2D eigenvalue weighted by atomic mass is 10.1. The zero-order chi connectivity index (χ0) is 15.2. The first-order valence-electron chi connectivity index (χ1n) is 7.68. The molecule has 5 heteroatoms. The Balaban J connectivity index is 2.13. The van der Waals surface area contributed by atoms with Crippen LogP contribution in [0.1, 0.15) is 42.2 Å². The SMILES string of the molecule is CCCc1cc(C(=O)N2CCC(OC)CC2)cc(NC)n1. The Morgan fingerprint density at radius 1 is 1.43 bits per heavy atom. The molecule has 1 fully saturated rings. The van der Waals surface area contributed by atoms with Gasteiger partial charge in [-0.25, -0.2) is 4.98 Å². The van der Waals surface area contributed by atoms with E-state index in [1.54, 1.807) is 7.11 Å². The van der Waals surface area contributed by atoms with Crippen molar-refractivity contribution in [2.45, 2.75) is 38.7 Å². The van der Waals surface area contributed by atoms with Gasteiger partial charge in [0.1, 0.15) is 5.82 Å². The van der Waals surface area contributed by atoms with Crippen molar-refractivity contribution in [3.8, 4) is 0 Å². The maximum atomic E-state index is 12.6. The second kappa shape index (κ2) is 7.41. The van der Waals surface area contributed by atoms with Crippen molar-refractivity contribution in [3.63, 3.8) is 0 Å². The third-order valence-electron chi connectivity index (χ3n) is 3.95. The zero-order valence-corrected chi connectivity index (χ0v) is 13.2. The minimum atomic E-state index is 0.0980. The summed E-state index contributed by atoms with van der Waals surface area (Å²) in [6.45, 7) is 3.64. The van der Waals surface area contributed by atoms with Crippen molar-refractivity contribution in [1.82, 2.24) is 9.88 Å². The molecule has 0 bridgehead atoms. The highest BCUT2D eigenvalue weighted by Gasteiger charge is 2.24. The smallest absolute Gasteiger partial charge is 0.254 e. The Kier molecular flexibility index (Phi) is 5.56. The van der Waals surface area contributed by atoms with Crippen LogP contribution in [0.2, 0.25) is 0 Å². The summed E-state index contributed by atoms with van der Waals surface area (Å²) < 4.78 is 5.35. The first-order valence-corrected chi connectivity index (χ1v) is 7.68. The fourth-order valence-electron chi connectivity index (χ4n) is 2.70. The van der Waals surface area contributed by atoms with E-state index in [-0.39, 0.29) is 12.0 Å². The number of hydrogen-bond donors (Lipinski definition) is 1. The molecule has 116 valence electrons. The molecule has 0 unspecified atom stereocenters. The number of rotatable bonds is 5. The third-order valence-corrected chi connectivity index (χ3v) is 3.95. The summed E-state index contributed by atoms with van der Waals surface area (Å²) in [4.78, 5) is 19.1. The number of carbonyl (C=O) groups is 1. The van der Waals surface area contributed by atoms with E-state index >= 15 is 0 Å². The van der Waals surface area contributed by atoms with E-state index in [4.69, 9.17) is 4.74 Å². The number of anilines is 1. The van der Waals surface area contributed by atoms with Gasteiger partial charge >= 0.3 is 0 Å². The maximum Gasteiger partial charge on any atom is 0.254 e. The third kappa shape index (κ3) is 3.94. The van der Waals surface area contributed by atoms with Crippen LogP contribution in [0.15, 0.2) is 12.1 Å². The van der Waals surface area contributed by atoms with E-state index in [1.165, 1.54) is 0 Å². The Labute approximate surface area is 126 Å². The number of carbonyl (C=O) groups excluding carboxylic acids is 1. The number of piperidine rings is 1. The second-order valence-corrected chi connectivity index (χ2v) is 5.46. The molecule has 0 aliphatic carbocycles. The van der Waals surface area contributed by atoms with Crippen LogP contribution in [0.25, 0.3) is 0 Å². The summed E-state index contributed by atoms with van der Waals surface area (Å²) >= 11 is 0. The molecule has 1 aromatic heterocycles. The van der Waals surface area contributed by atoms with Gasteiger partial charge in [0, 0.05) is 38.5 Å².